The topological polar surface area (TPSA) is 47.8 Å². The number of nitrogens with zero attached hydrogens (tertiary/aromatic N) is 3. The zero-order valence-electron chi connectivity index (χ0n) is 14.9. The Bertz CT molecular complexity index is 904. The molecule has 3 aromatic rings. The van der Waals surface area contributed by atoms with Crippen molar-refractivity contribution in [1.29, 1.82) is 0 Å². The maximum absolute atomic E-state index is 12.7. The fraction of sp³-hybridized carbons (Fsp3) is 0.250. The van der Waals surface area contributed by atoms with Crippen molar-refractivity contribution in [3.05, 3.63) is 64.7 Å². The molecule has 0 fully saturated rings. The predicted molar refractivity (Wildman–Crippen MR) is 107 cm³/mol. The lowest BCUT2D eigenvalue weighted by molar-refractivity contribution is 0.0994. The standard InChI is InChI=1S/C20H20ClN3OS/c1-4-24-19(16-9-11-17(21)12-10-16)22-23-20(24)26-14(3)18(25)15-7-5-13(2)6-8-15/h5-12,14H,4H2,1-3H3. The quantitative estimate of drug-likeness (QED) is 0.427. The summed E-state index contributed by atoms with van der Waals surface area (Å²) in [5.41, 5.74) is 2.81. The molecule has 0 N–H and O–H groups in total. The maximum atomic E-state index is 12.7. The molecule has 0 aliphatic rings. The Balaban J connectivity index is 1.82. The number of hydrogen-bond acceptors (Lipinski definition) is 4. The first kappa shape index (κ1) is 18.7. The van der Waals surface area contributed by atoms with Gasteiger partial charge in [0.15, 0.2) is 16.8 Å². The lowest BCUT2D eigenvalue weighted by Gasteiger charge is -2.12. The molecule has 0 saturated carbocycles. The number of aromatic nitrogens is 3. The second-order valence-electron chi connectivity index (χ2n) is 6.05. The van der Waals surface area contributed by atoms with Gasteiger partial charge in [-0.1, -0.05) is 53.2 Å². The molecule has 0 aliphatic carbocycles. The minimum Gasteiger partial charge on any atom is -0.302 e. The number of carbonyl (C=O) groups excluding carboxylic acids is 1. The Morgan fingerprint density at radius 2 is 1.77 bits per heavy atom. The van der Waals surface area contributed by atoms with Crippen LogP contribution in [0.15, 0.2) is 53.7 Å². The van der Waals surface area contributed by atoms with Gasteiger partial charge in [0, 0.05) is 22.7 Å². The van der Waals surface area contributed by atoms with Crippen molar-refractivity contribution in [1.82, 2.24) is 14.8 Å². The summed E-state index contributed by atoms with van der Waals surface area (Å²) in [6.07, 6.45) is 0. The molecule has 1 aromatic heterocycles. The number of ketones is 1. The summed E-state index contributed by atoms with van der Waals surface area (Å²) < 4.78 is 2.02. The first-order valence-corrected chi connectivity index (χ1v) is 9.72. The zero-order chi connectivity index (χ0) is 18.7. The molecule has 1 atom stereocenters. The highest BCUT2D eigenvalue weighted by atomic mass is 35.5. The average molecular weight is 386 g/mol. The van der Waals surface area contributed by atoms with Crippen molar-refractivity contribution in [2.45, 2.75) is 37.7 Å². The van der Waals surface area contributed by atoms with E-state index in [2.05, 4.69) is 10.2 Å². The van der Waals surface area contributed by atoms with Gasteiger partial charge in [0.1, 0.15) is 0 Å². The van der Waals surface area contributed by atoms with Crippen LogP contribution in [-0.4, -0.2) is 25.8 Å². The van der Waals surface area contributed by atoms with Crippen LogP contribution in [0, 0.1) is 6.92 Å². The van der Waals surface area contributed by atoms with Crippen LogP contribution >= 0.6 is 23.4 Å². The molecule has 0 amide bonds. The monoisotopic (exact) mass is 385 g/mol. The van der Waals surface area contributed by atoms with E-state index in [0.29, 0.717) is 5.02 Å². The normalized spacial score (nSPS) is 12.2. The van der Waals surface area contributed by atoms with Gasteiger partial charge >= 0.3 is 0 Å². The number of Topliss-reactive ketones (excluding diaryl/α,β-unsaturated/α-hetero) is 1. The van der Waals surface area contributed by atoms with E-state index >= 15 is 0 Å². The summed E-state index contributed by atoms with van der Waals surface area (Å²) >= 11 is 7.40. The largest absolute Gasteiger partial charge is 0.302 e. The Morgan fingerprint density at radius 3 is 2.38 bits per heavy atom. The second-order valence-corrected chi connectivity index (χ2v) is 7.79. The summed E-state index contributed by atoms with van der Waals surface area (Å²) in [6, 6.07) is 15.2. The van der Waals surface area contributed by atoms with Gasteiger partial charge in [-0.15, -0.1) is 10.2 Å². The van der Waals surface area contributed by atoms with E-state index in [1.54, 1.807) is 0 Å². The van der Waals surface area contributed by atoms with Crippen molar-refractivity contribution >= 4 is 29.1 Å². The Kier molecular flexibility index (Phi) is 5.79. The van der Waals surface area contributed by atoms with Crippen LogP contribution in [0.3, 0.4) is 0 Å². The van der Waals surface area contributed by atoms with Gasteiger partial charge in [-0.25, -0.2) is 0 Å². The average Bonchev–Trinajstić information content (AvgIpc) is 3.04. The number of thioether (sulfide) groups is 1. The van der Waals surface area contributed by atoms with Gasteiger partial charge in [-0.05, 0) is 45.0 Å². The maximum Gasteiger partial charge on any atom is 0.192 e. The van der Waals surface area contributed by atoms with E-state index < -0.39 is 0 Å². The Hall–Kier alpha value is -2.11. The number of benzene rings is 2. The van der Waals surface area contributed by atoms with Crippen LogP contribution in [-0.2, 0) is 6.54 Å². The molecule has 1 heterocycles. The van der Waals surface area contributed by atoms with E-state index in [4.69, 9.17) is 11.6 Å². The third-order valence-electron chi connectivity index (χ3n) is 4.12. The van der Waals surface area contributed by atoms with Gasteiger partial charge in [-0.3, -0.25) is 4.79 Å². The van der Waals surface area contributed by atoms with Crippen molar-refractivity contribution in [3.8, 4) is 11.4 Å². The fourth-order valence-corrected chi connectivity index (χ4v) is 3.75. The van der Waals surface area contributed by atoms with E-state index in [9.17, 15) is 4.79 Å². The van der Waals surface area contributed by atoms with Crippen LogP contribution in [0.1, 0.15) is 29.8 Å². The zero-order valence-corrected chi connectivity index (χ0v) is 16.5. The van der Waals surface area contributed by atoms with E-state index in [1.807, 2.05) is 73.9 Å². The lowest BCUT2D eigenvalue weighted by Crippen LogP contribution is -2.14. The highest BCUT2D eigenvalue weighted by molar-refractivity contribution is 8.00. The number of halogens is 1. The van der Waals surface area contributed by atoms with Crippen molar-refractivity contribution in [3.63, 3.8) is 0 Å². The van der Waals surface area contributed by atoms with Crippen LogP contribution < -0.4 is 0 Å². The van der Waals surface area contributed by atoms with Crippen molar-refractivity contribution < 1.29 is 4.79 Å². The number of aryl methyl sites for hydroxylation is 1. The van der Waals surface area contributed by atoms with Crippen molar-refractivity contribution in [2.75, 3.05) is 0 Å². The molecule has 0 spiro atoms. The lowest BCUT2D eigenvalue weighted by atomic mass is 10.1. The molecule has 4 nitrogen and oxygen atoms in total. The van der Waals surface area contributed by atoms with Crippen LogP contribution in [0.25, 0.3) is 11.4 Å². The second kappa shape index (κ2) is 8.06. The summed E-state index contributed by atoms with van der Waals surface area (Å²) in [4.78, 5) is 12.7. The number of carbonyl (C=O) groups is 1. The first-order valence-electron chi connectivity index (χ1n) is 8.46. The van der Waals surface area contributed by atoms with Crippen LogP contribution in [0.5, 0.6) is 0 Å². The summed E-state index contributed by atoms with van der Waals surface area (Å²) in [7, 11) is 0. The molecule has 0 radical (unpaired) electrons. The molecule has 0 bridgehead atoms. The van der Waals surface area contributed by atoms with Crippen molar-refractivity contribution in [2.24, 2.45) is 0 Å². The minimum atomic E-state index is -0.245. The molecule has 0 aliphatic heterocycles. The molecule has 0 saturated heterocycles. The molecule has 26 heavy (non-hydrogen) atoms. The molecule has 134 valence electrons. The summed E-state index contributed by atoms with van der Waals surface area (Å²) in [5.74, 6) is 0.871. The van der Waals surface area contributed by atoms with E-state index in [1.165, 1.54) is 11.8 Å². The molecular weight excluding hydrogens is 366 g/mol. The van der Waals surface area contributed by atoms with Gasteiger partial charge < -0.3 is 4.57 Å². The fourth-order valence-electron chi connectivity index (χ4n) is 2.64. The van der Waals surface area contributed by atoms with Crippen LogP contribution in [0.4, 0.5) is 0 Å². The van der Waals surface area contributed by atoms with Gasteiger partial charge in [0.2, 0.25) is 0 Å². The van der Waals surface area contributed by atoms with Gasteiger partial charge in [0.25, 0.3) is 0 Å². The summed E-state index contributed by atoms with van der Waals surface area (Å²) in [5, 5.41) is 9.81. The predicted octanol–water partition coefficient (Wildman–Crippen LogP) is 5.29. The van der Waals surface area contributed by atoms with Gasteiger partial charge in [0.05, 0.1) is 5.25 Å². The summed E-state index contributed by atoms with van der Waals surface area (Å²) in [6.45, 7) is 6.68. The van der Waals surface area contributed by atoms with E-state index in [-0.39, 0.29) is 11.0 Å². The SMILES string of the molecule is CCn1c(SC(C)C(=O)c2ccc(C)cc2)nnc1-c1ccc(Cl)cc1. The highest BCUT2D eigenvalue weighted by Crippen LogP contribution is 2.28. The molecule has 3 rings (SSSR count). The van der Waals surface area contributed by atoms with E-state index in [0.717, 1.165) is 34.2 Å². The van der Waals surface area contributed by atoms with Crippen LogP contribution in [0.2, 0.25) is 5.02 Å². The first-order chi connectivity index (χ1) is 12.5. The smallest absolute Gasteiger partial charge is 0.192 e. The minimum absolute atomic E-state index is 0.0914. The molecular formula is C20H20ClN3OS. The number of hydrogen-bond donors (Lipinski definition) is 0. The highest BCUT2D eigenvalue weighted by Gasteiger charge is 2.21. The molecule has 6 heteroatoms. The molecule has 1 unspecified atom stereocenters. The Labute approximate surface area is 162 Å². The van der Waals surface area contributed by atoms with Gasteiger partial charge in [-0.2, -0.15) is 0 Å². The molecule has 2 aromatic carbocycles. The third kappa shape index (κ3) is 4.00. The third-order valence-corrected chi connectivity index (χ3v) is 5.46. The Morgan fingerprint density at radius 1 is 1.12 bits per heavy atom. The number of rotatable bonds is 6.